The normalized spacial score (nSPS) is 11.5. The summed E-state index contributed by atoms with van der Waals surface area (Å²) in [7, 11) is 0. The molecule has 0 fully saturated rings. The van der Waals surface area contributed by atoms with Crippen molar-refractivity contribution < 1.29 is 14.3 Å². The number of hydrogen-bond donors (Lipinski definition) is 2. The van der Waals surface area contributed by atoms with Gasteiger partial charge in [-0.15, -0.1) is 0 Å². The molecule has 0 aliphatic heterocycles. The molecule has 1 atom stereocenters. The van der Waals surface area contributed by atoms with E-state index in [-0.39, 0.29) is 18.4 Å². The summed E-state index contributed by atoms with van der Waals surface area (Å²) >= 11 is 0. The molecule has 0 saturated heterocycles. The third-order valence-corrected chi connectivity index (χ3v) is 2.48. The van der Waals surface area contributed by atoms with E-state index in [4.69, 9.17) is 4.74 Å². The summed E-state index contributed by atoms with van der Waals surface area (Å²) in [5.41, 5.74) is 1.06. The smallest absolute Gasteiger partial charge is 0.258 e. The number of ether oxygens (including phenoxy) is 1. The van der Waals surface area contributed by atoms with E-state index in [1.54, 1.807) is 13.0 Å². The van der Waals surface area contributed by atoms with Gasteiger partial charge in [-0.3, -0.25) is 9.59 Å². The van der Waals surface area contributed by atoms with Crippen molar-refractivity contribution in [1.82, 2.24) is 10.6 Å². The quantitative estimate of drug-likeness (QED) is 0.806. The van der Waals surface area contributed by atoms with E-state index in [0.717, 1.165) is 5.56 Å². The summed E-state index contributed by atoms with van der Waals surface area (Å²) in [6.07, 6.45) is 0. The fourth-order valence-corrected chi connectivity index (χ4v) is 1.53. The molecule has 0 aromatic heterocycles. The SMILES string of the molecule is CCNC(=O)[C@H](C)NC(=O)COc1cccc(C)c1. The van der Waals surface area contributed by atoms with Crippen LogP contribution in [-0.2, 0) is 9.59 Å². The predicted molar refractivity (Wildman–Crippen MR) is 73.0 cm³/mol. The first-order chi connectivity index (χ1) is 9.02. The van der Waals surface area contributed by atoms with E-state index in [2.05, 4.69) is 10.6 Å². The van der Waals surface area contributed by atoms with Crippen LogP contribution >= 0.6 is 0 Å². The Kier molecular flexibility index (Phi) is 5.85. The fraction of sp³-hybridized carbons (Fsp3) is 0.429. The molecule has 0 aliphatic rings. The molecule has 0 spiro atoms. The summed E-state index contributed by atoms with van der Waals surface area (Å²) in [4.78, 5) is 23.0. The number of amides is 2. The third kappa shape index (κ3) is 5.42. The van der Waals surface area contributed by atoms with Crippen molar-refractivity contribution in [3.05, 3.63) is 29.8 Å². The summed E-state index contributed by atoms with van der Waals surface area (Å²) in [5, 5.41) is 5.21. The largest absolute Gasteiger partial charge is 0.484 e. The fourth-order valence-electron chi connectivity index (χ4n) is 1.53. The molecule has 0 saturated carbocycles. The molecule has 0 bridgehead atoms. The maximum atomic E-state index is 11.6. The minimum Gasteiger partial charge on any atom is -0.484 e. The van der Waals surface area contributed by atoms with E-state index in [1.807, 2.05) is 32.0 Å². The third-order valence-electron chi connectivity index (χ3n) is 2.48. The molecule has 1 aromatic carbocycles. The first-order valence-corrected chi connectivity index (χ1v) is 6.29. The number of rotatable bonds is 6. The zero-order valence-electron chi connectivity index (χ0n) is 11.5. The van der Waals surface area contributed by atoms with Crippen LogP contribution in [-0.4, -0.2) is 31.0 Å². The summed E-state index contributed by atoms with van der Waals surface area (Å²) in [6.45, 7) is 5.85. The minimum atomic E-state index is -0.562. The van der Waals surface area contributed by atoms with Crippen molar-refractivity contribution >= 4 is 11.8 Å². The highest BCUT2D eigenvalue weighted by Gasteiger charge is 2.14. The van der Waals surface area contributed by atoms with Gasteiger partial charge in [0.25, 0.3) is 5.91 Å². The van der Waals surface area contributed by atoms with Crippen molar-refractivity contribution in [2.24, 2.45) is 0 Å². The molecule has 0 aliphatic carbocycles. The molecule has 0 unspecified atom stereocenters. The Morgan fingerprint density at radius 2 is 2.11 bits per heavy atom. The average Bonchev–Trinajstić information content (AvgIpc) is 2.36. The Balaban J connectivity index is 2.37. The Hall–Kier alpha value is -2.04. The first-order valence-electron chi connectivity index (χ1n) is 6.29. The van der Waals surface area contributed by atoms with Crippen molar-refractivity contribution in [3.63, 3.8) is 0 Å². The highest BCUT2D eigenvalue weighted by molar-refractivity contribution is 5.87. The number of hydrogen-bond acceptors (Lipinski definition) is 3. The van der Waals surface area contributed by atoms with Crippen LogP contribution in [0.25, 0.3) is 0 Å². The molecular formula is C14H20N2O3. The van der Waals surface area contributed by atoms with Crippen LogP contribution in [0.4, 0.5) is 0 Å². The maximum absolute atomic E-state index is 11.6. The van der Waals surface area contributed by atoms with E-state index in [0.29, 0.717) is 12.3 Å². The van der Waals surface area contributed by atoms with Crippen molar-refractivity contribution in [3.8, 4) is 5.75 Å². The van der Waals surface area contributed by atoms with E-state index < -0.39 is 6.04 Å². The Morgan fingerprint density at radius 3 is 2.74 bits per heavy atom. The van der Waals surface area contributed by atoms with Crippen LogP contribution in [0.5, 0.6) is 5.75 Å². The van der Waals surface area contributed by atoms with Crippen molar-refractivity contribution in [2.45, 2.75) is 26.8 Å². The Morgan fingerprint density at radius 1 is 1.37 bits per heavy atom. The second-order valence-electron chi connectivity index (χ2n) is 4.29. The Bertz CT molecular complexity index is 446. The lowest BCUT2D eigenvalue weighted by Crippen LogP contribution is -2.46. The van der Waals surface area contributed by atoms with Crippen molar-refractivity contribution in [2.75, 3.05) is 13.2 Å². The van der Waals surface area contributed by atoms with Crippen LogP contribution in [0.15, 0.2) is 24.3 Å². The molecule has 0 radical (unpaired) electrons. The van der Waals surface area contributed by atoms with Gasteiger partial charge in [-0.25, -0.2) is 0 Å². The van der Waals surface area contributed by atoms with Gasteiger partial charge in [0.15, 0.2) is 6.61 Å². The van der Waals surface area contributed by atoms with Crippen LogP contribution in [0, 0.1) is 6.92 Å². The van der Waals surface area contributed by atoms with Gasteiger partial charge < -0.3 is 15.4 Å². The summed E-state index contributed by atoms with van der Waals surface area (Å²) < 4.78 is 5.35. The molecular weight excluding hydrogens is 244 g/mol. The number of aryl methyl sites for hydroxylation is 1. The molecule has 104 valence electrons. The lowest BCUT2D eigenvalue weighted by atomic mass is 10.2. The Labute approximate surface area is 113 Å². The van der Waals surface area contributed by atoms with Crippen LogP contribution in [0.3, 0.4) is 0 Å². The van der Waals surface area contributed by atoms with Gasteiger partial charge in [0, 0.05) is 6.54 Å². The van der Waals surface area contributed by atoms with Gasteiger partial charge in [0.1, 0.15) is 11.8 Å². The molecule has 1 rings (SSSR count). The average molecular weight is 264 g/mol. The van der Waals surface area contributed by atoms with E-state index >= 15 is 0 Å². The second kappa shape index (κ2) is 7.41. The van der Waals surface area contributed by atoms with Gasteiger partial charge in [0.05, 0.1) is 0 Å². The first kappa shape index (κ1) is 15.0. The monoisotopic (exact) mass is 264 g/mol. The van der Waals surface area contributed by atoms with Gasteiger partial charge in [-0.05, 0) is 38.5 Å². The molecule has 19 heavy (non-hydrogen) atoms. The number of nitrogens with one attached hydrogen (secondary N) is 2. The standard InChI is InChI=1S/C14H20N2O3/c1-4-15-14(18)11(3)16-13(17)9-19-12-7-5-6-10(2)8-12/h5-8,11H,4,9H2,1-3H3,(H,15,18)(H,16,17)/t11-/m0/s1. The number of likely N-dealkylation sites (N-methyl/N-ethyl adjacent to an activating group) is 1. The van der Waals surface area contributed by atoms with Gasteiger partial charge in [-0.2, -0.15) is 0 Å². The van der Waals surface area contributed by atoms with E-state index in [1.165, 1.54) is 0 Å². The highest BCUT2D eigenvalue weighted by atomic mass is 16.5. The number of benzene rings is 1. The number of carbonyl (C=O) groups is 2. The summed E-state index contributed by atoms with van der Waals surface area (Å²) in [5.74, 6) is 0.118. The summed E-state index contributed by atoms with van der Waals surface area (Å²) in [6, 6.07) is 6.88. The van der Waals surface area contributed by atoms with E-state index in [9.17, 15) is 9.59 Å². The van der Waals surface area contributed by atoms with Crippen LogP contribution in [0.1, 0.15) is 19.4 Å². The molecule has 0 heterocycles. The second-order valence-corrected chi connectivity index (χ2v) is 4.29. The zero-order chi connectivity index (χ0) is 14.3. The zero-order valence-corrected chi connectivity index (χ0v) is 11.5. The van der Waals surface area contributed by atoms with Gasteiger partial charge in [0.2, 0.25) is 5.91 Å². The molecule has 2 amide bonds. The van der Waals surface area contributed by atoms with Crippen LogP contribution in [0.2, 0.25) is 0 Å². The molecule has 5 heteroatoms. The molecule has 5 nitrogen and oxygen atoms in total. The van der Waals surface area contributed by atoms with Gasteiger partial charge in [-0.1, -0.05) is 12.1 Å². The minimum absolute atomic E-state index is 0.104. The molecule has 2 N–H and O–H groups in total. The predicted octanol–water partition coefficient (Wildman–Crippen LogP) is 1.01. The number of carbonyl (C=O) groups excluding carboxylic acids is 2. The lowest BCUT2D eigenvalue weighted by Gasteiger charge is -2.13. The van der Waals surface area contributed by atoms with Crippen molar-refractivity contribution in [1.29, 1.82) is 0 Å². The van der Waals surface area contributed by atoms with Crippen LogP contribution < -0.4 is 15.4 Å². The lowest BCUT2D eigenvalue weighted by molar-refractivity contribution is -0.129. The van der Waals surface area contributed by atoms with Gasteiger partial charge >= 0.3 is 0 Å². The molecule has 1 aromatic rings. The highest BCUT2D eigenvalue weighted by Crippen LogP contribution is 2.11. The maximum Gasteiger partial charge on any atom is 0.258 e. The topological polar surface area (TPSA) is 67.4 Å².